The van der Waals surface area contributed by atoms with Gasteiger partial charge in [0, 0.05) is 34.1 Å². The van der Waals surface area contributed by atoms with Crippen LogP contribution in [0.15, 0.2) is 146 Å². The van der Waals surface area contributed by atoms with Crippen molar-refractivity contribution >= 4 is 55.7 Å². The predicted molar refractivity (Wildman–Crippen MR) is 224 cm³/mol. The summed E-state index contributed by atoms with van der Waals surface area (Å²) in [5.41, 5.74) is 20.0. The van der Waals surface area contributed by atoms with E-state index >= 15 is 0 Å². The first-order valence-corrected chi connectivity index (χ1v) is 18.2. The van der Waals surface area contributed by atoms with E-state index in [1.165, 1.54) is 111 Å². The minimum Gasteiger partial charge on any atom is -0.310 e. The molecule has 0 amide bonds. The molecule has 0 bridgehead atoms. The summed E-state index contributed by atoms with van der Waals surface area (Å²) in [5.74, 6) is 0. The van der Waals surface area contributed by atoms with Crippen molar-refractivity contribution in [3.8, 4) is 22.3 Å². The smallest absolute Gasteiger partial charge is 0.0490 e. The number of fused-ring (bicyclic) bond motifs is 6. The number of hydrogen-bond acceptors (Lipinski definition) is 2. The minimum absolute atomic E-state index is 1.17. The van der Waals surface area contributed by atoms with E-state index in [4.69, 9.17) is 0 Å². The third kappa shape index (κ3) is 5.43. The lowest BCUT2D eigenvalue weighted by Gasteiger charge is -2.30. The van der Waals surface area contributed by atoms with Crippen molar-refractivity contribution in [3.63, 3.8) is 0 Å². The average molecular weight is 671 g/mol. The highest BCUT2D eigenvalue weighted by Gasteiger charge is 2.25. The second-order valence-corrected chi connectivity index (χ2v) is 14.8. The van der Waals surface area contributed by atoms with Gasteiger partial charge in [0.05, 0.1) is 0 Å². The summed E-state index contributed by atoms with van der Waals surface area (Å²) in [6.45, 7) is 13.1. The van der Waals surface area contributed by atoms with Gasteiger partial charge in [-0.05, 0) is 204 Å². The highest BCUT2D eigenvalue weighted by atomic mass is 15.1. The lowest BCUT2D eigenvalue weighted by Crippen LogP contribution is -2.12. The molecule has 0 N–H and O–H groups in total. The molecular weight excluding hydrogens is 629 g/mol. The Labute approximate surface area is 307 Å². The van der Waals surface area contributed by atoms with Gasteiger partial charge >= 0.3 is 0 Å². The van der Waals surface area contributed by atoms with Crippen molar-refractivity contribution in [1.29, 1.82) is 0 Å². The number of rotatable bonds is 6. The summed E-state index contributed by atoms with van der Waals surface area (Å²) in [6.07, 6.45) is 0. The topological polar surface area (TPSA) is 6.48 Å². The van der Waals surface area contributed by atoms with E-state index in [0.717, 1.165) is 0 Å². The molecule has 1 aliphatic rings. The second kappa shape index (κ2) is 12.3. The van der Waals surface area contributed by atoms with Gasteiger partial charge < -0.3 is 9.80 Å². The molecule has 0 atom stereocenters. The van der Waals surface area contributed by atoms with Gasteiger partial charge in [-0.25, -0.2) is 0 Å². The fourth-order valence-corrected chi connectivity index (χ4v) is 8.32. The Morgan fingerprint density at radius 3 is 1.00 bits per heavy atom. The number of aryl methyl sites for hydroxylation is 6. The minimum atomic E-state index is 1.17. The van der Waals surface area contributed by atoms with E-state index < -0.39 is 0 Å². The summed E-state index contributed by atoms with van der Waals surface area (Å²) >= 11 is 0. The van der Waals surface area contributed by atoms with E-state index in [9.17, 15) is 0 Å². The Balaban J connectivity index is 1.13. The first kappa shape index (κ1) is 31.8. The largest absolute Gasteiger partial charge is 0.310 e. The van der Waals surface area contributed by atoms with E-state index in [0.29, 0.717) is 0 Å². The van der Waals surface area contributed by atoms with Gasteiger partial charge in [0.2, 0.25) is 0 Å². The van der Waals surface area contributed by atoms with Gasteiger partial charge in [0.1, 0.15) is 0 Å². The Bertz CT molecular complexity index is 2470. The zero-order valence-electron chi connectivity index (χ0n) is 30.8. The van der Waals surface area contributed by atoms with Gasteiger partial charge in [-0.15, -0.1) is 0 Å². The SMILES string of the molecule is Cc1cc(C)cc(N(c2ccc3cc4c(cc3c2)-c2cc3ccc(N(c5cc(C)cc(C)c5)c5ccccc5C)cc3cc2-4)c2ccccc2C)c1. The van der Waals surface area contributed by atoms with E-state index in [-0.39, 0.29) is 0 Å². The lowest BCUT2D eigenvalue weighted by molar-refractivity contribution is 1.23. The van der Waals surface area contributed by atoms with E-state index in [2.05, 4.69) is 197 Å². The molecule has 0 unspecified atom stereocenters. The van der Waals surface area contributed by atoms with Gasteiger partial charge in [0.25, 0.3) is 0 Å². The van der Waals surface area contributed by atoms with Crippen molar-refractivity contribution in [2.75, 3.05) is 9.80 Å². The molecule has 9 rings (SSSR count). The van der Waals surface area contributed by atoms with Crippen LogP contribution in [-0.2, 0) is 0 Å². The van der Waals surface area contributed by atoms with Gasteiger partial charge in [-0.3, -0.25) is 0 Å². The summed E-state index contributed by atoms with van der Waals surface area (Å²) in [7, 11) is 0. The normalized spacial score (nSPS) is 11.7. The summed E-state index contributed by atoms with van der Waals surface area (Å²) in [4.78, 5) is 4.82. The highest BCUT2D eigenvalue weighted by Crippen LogP contribution is 2.51. The molecule has 8 aromatic rings. The van der Waals surface area contributed by atoms with Gasteiger partial charge in [-0.1, -0.05) is 60.7 Å². The third-order valence-corrected chi connectivity index (χ3v) is 10.7. The van der Waals surface area contributed by atoms with Crippen LogP contribution < -0.4 is 9.80 Å². The second-order valence-electron chi connectivity index (χ2n) is 14.8. The Morgan fingerprint density at radius 1 is 0.288 bits per heavy atom. The Hall–Kier alpha value is -6.12. The molecule has 52 heavy (non-hydrogen) atoms. The zero-order chi connectivity index (χ0) is 35.7. The molecule has 1 aliphatic carbocycles. The molecule has 2 nitrogen and oxygen atoms in total. The van der Waals surface area contributed by atoms with Crippen molar-refractivity contribution in [1.82, 2.24) is 0 Å². The summed E-state index contributed by atoms with van der Waals surface area (Å²) in [5, 5.41) is 5.02. The number of benzene rings is 8. The van der Waals surface area contributed by atoms with Crippen LogP contribution in [0.2, 0.25) is 0 Å². The third-order valence-electron chi connectivity index (χ3n) is 10.7. The quantitative estimate of drug-likeness (QED) is 0.174. The molecule has 0 saturated carbocycles. The summed E-state index contributed by atoms with van der Waals surface area (Å²) in [6, 6.07) is 54.4. The van der Waals surface area contributed by atoms with Crippen LogP contribution in [0, 0.1) is 41.5 Å². The highest BCUT2D eigenvalue weighted by molar-refractivity contribution is 6.12. The number of anilines is 6. The van der Waals surface area contributed by atoms with Crippen molar-refractivity contribution in [2.45, 2.75) is 41.5 Å². The molecule has 8 aromatic carbocycles. The molecule has 252 valence electrons. The number of hydrogen-bond donors (Lipinski definition) is 0. The van der Waals surface area contributed by atoms with Crippen LogP contribution in [0.5, 0.6) is 0 Å². The van der Waals surface area contributed by atoms with Crippen LogP contribution in [0.25, 0.3) is 43.8 Å². The van der Waals surface area contributed by atoms with Crippen LogP contribution >= 0.6 is 0 Å². The Morgan fingerprint density at radius 2 is 0.635 bits per heavy atom. The number of para-hydroxylation sites is 2. The molecule has 0 heterocycles. The van der Waals surface area contributed by atoms with E-state index in [1.54, 1.807) is 0 Å². The fraction of sp³-hybridized carbons (Fsp3) is 0.120. The predicted octanol–water partition coefficient (Wildman–Crippen LogP) is 14.4. The first-order chi connectivity index (χ1) is 25.2. The van der Waals surface area contributed by atoms with Crippen molar-refractivity contribution < 1.29 is 0 Å². The molecule has 0 saturated heterocycles. The van der Waals surface area contributed by atoms with Crippen LogP contribution in [0.1, 0.15) is 33.4 Å². The molecule has 0 radical (unpaired) electrons. The maximum atomic E-state index is 2.41. The first-order valence-electron chi connectivity index (χ1n) is 18.2. The maximum absolute atomic E-state index is 2.41. The van der Waals surface area contributed by atoms with Crippen molar-refractivity contribution in [3.05, 3.63) is 179 Å². The van der Waals surface area contributed by atoms with Crippen LogP contribution in [-0.4, -0.2) is 0 Å². The molecule has 0 fully saturated rings. The van der Waals surface area contributed by atoms with Gasteiger partial charge in [-0.2, -0.15) is 0 Å². The van der Waals surface area contributed by atoms with Crippen LogP contribution in [0.3, 0.4) is 0 Å². The molecule has 0 spiro atoms. The lowest BCUT2D eigenvalue weighted by atomic mass is 9.78. The summed E-state index contributed by atoms with van der Waals surface area (Å²) < 4.78 is 0. The molecular formula is C50H42N2. The van der Waals surface area contributed by atoms with E-state index in [1.807, 2.05) is 0 Å². The molecule has 0 aromatic heterocycles. The van der Waals surface area contributed by atoms with Crippen molar-refractivity contribution in [2.24, 2.45) is 0 Å². The van der Waals surface area contributed by atoms with Gasteiger partial charge in [0.15, 0.2) is 0 Å². The zero-order valence-corrected chi connectivity index (χ0v) is 30.8. The fourth-order valence-electron chi connectivity index (χ4n) is 8.32. The maximum Gasteiger partial charge on any atom is 0.0490 e. The molecule has 0 aliphatic heterocycles. The standard InChI is InChI=1S/C50H42N2/c1-31-19-32(2)22-43(21-31)51(49-13-9-7-11-35(49)5)41-17-15-37-27-45-47(29-39(37)25-41)46-28-38-16-18-42(26-40(38)30-48(45)46)52(50-14-10-8-12-36(50)6)44-23-33(3)20-34(4)24-44/h7-30H,1-6H3. The molecule has 2 heteroatoms. The number of nitrogens with zero attached hydrogens (tertiary/aromatic N) is 2. The van der Waals surface area contributed by atoms with Crippen LogP contribution in [0.4, 0.5) is 34.1 Å². The Kier molecular flexibility index (Phi) is 7.52. The average Bonchev–Trinajstić information content (AvgIpc) is 3.11. The monoisotopic (exact) mass is 670 g/mol.